The quantitative estimate of drug-likeness (QED) is 0.655. The highest BCUT2D eigenvalue weighted by Crippen LogP contribution is 2.49. The van der Waals surface area contributed by atoms with Gasteiger partial charge in [-0.1, -0.05) is 31.4 Å². The number of nitrogens with zero attached hydrogens (tertiary/aromatic N) is 4. The van der Waals surface area contributed by atoms with Crippen LogP contribution in [0.3, 0.4) is 0 Å². The first-order chi connectivity index (χ1) is 12.4. The number of diazo groups is 2. The van der Waals surface area contributed by atoms with E-state index in [0.717, 1.165) is 43.2 Å². The zero-order valence-electron chi connectivity index (χ0n) is 15.0. The van der Waals surface area contributed by atoms with Crippen LogP contribution in [0.25, 0.3) is 9.95 Å². The van der Waals surface area contributed by atoms with Crippen LogP contribution >= 0.6 is 0 Å². The number of aryl methyl sites for hydroxylation is 2. The van der Waals surface area contributed by atoms with Crippen molar-refractivity contribution in [2.24, 2.45) is 0 Å². The first-order valence-corrected chi connectivity index (χ1v) is 8.81. The fourth-order valence-electron chi connectivity index (χ4n) is 4.13. The van der Waals surface area contributed by atoms with Crippen molar-refractivity contribution < 1.29 is 10.2 Å². The summed E-state index contributed by atoms with van der Waals surface area (Å²) in [6, 6.07) is 7.28. The Morgan fingerprint density at radius 3 is 1.58 bits per heavy atom. The molecule has 0 unspecified atom stereocenters. The van der Waals surface area contributed by atoms with Crippen molar-refractivity contribution in [3.63, 3.8) is 0 Å². The largest absolute Gasteiger partial charge is 0.501 e. The highest BCUT2D eigenvalue weighted by atomic mass is 16.3. The molecule has 0 saturated heterocycles. The SMILES string of the molecule is Cc1cc(C2(c3cc(C)c(O)c([N+]#N)c3)CCCCC2)cc([N+]#N)c1O. The van der Waals surface area contributed by atoms with E-state index in [1.54, 1.807) is 26.0 Å². The normalized spacial score (nSPS) is 15.8. The number of hydrogen-bond donors (Lipinski definition) is 2. The van der Waals surface area contributed by atoms with Crippen molar-refractivity contribution in [2.45, 2.75) is 51.4 Å². The van der Waals surface area contributed by atoms with Gasteiger partial charge in [0.15, 0.2) is 9.95 Å². The molecule has 6 nitrogen and oxygen atoms in total. The Bertz CT molecular complexity index is 876. The number of benzene rings is 2. The highest BCUT2D eigenvalue weighted by molar-refractivity contribution is 5.66. The first kappa shape index (κ1) is 17.7. The summed E-state index contributed by atoms with van der Waals surface area (Å²) in [4.78, 5) is 6.46. The molecule has 0 aliphatic heterocycles. The van der Waals surface area contributed by atoms with Crippen molar-refractivity contribution in [2.75, 3.05) is 0 Å². The van der Waals surface area contributed by atoms with E-state index in [0.29, 0.717) is 11.1 Å². The minimum atomic E-state index is -0.353. The Labute approximate surface area is 152 Å². The fraction of sp³-hybridized carbons (Fsp3) is 0.400. The van der Waals surface area contributed by atoms with Gasteiger partial charge in [-0.3, -0.25) is 0 Å². The maximum absolute atomic E-state index is 10.1. The van der Waals surface area contributed by atoms with E-state index in [2.05, 4.69) is 9.95 Å². The Kier molecular flexibility index (Phi) is 4.52. The summed E-state index contributed by atoms with van der Waals surface area (Å²) in [7, 11) is 0. The summed E-state index contributed by atoms with van der Waals surface area (Å²) in [5.41, 5.74) is 3.13. The summed E-state index contributed by atoms with van der Waals surface area (Å²) >= 11 is 0. The molecule has 0 radical (unpaired) electrons. The van der Waals surface area contributed by atoms with Gasteiger partial charge in [0, 0.05) is 17.5 Å². The molecule has 1 aliphatic rings. The predicted molar refractivity (Wildman–Crippen MR) is 99.0 cm³/mol. The number of phenols is 2. The van der Waals surface area contributed by atoms with Gasteiger partial charge in [-0.2, -0.15) is 0 Å². The van der Waals surface area contributed by atoms with Crippen LogP contribution in [-0.4, -0.2) is 10.2 Å². The topological polar surface area (TPSA) is 96.8 Å². The lowest BCUT2D eigenvalue weighted by molar-refractivity contribution is 0.345. The van der Waals surface area contributed by atoms with E-state index < -0.39 is 0 Å². The zero-order chi connectivity index (χ0) is 18.9. The molecular weight excluding hydrogens is 328 g/mol. The van der Waals surface area contributed by atoms with Crippen LogP contribution in [0, 0.1) is 24.6 Å². The summed E-state index contributed by atoms with van der Waals surface area (Å²) in [6.45, 7) is 3.56. The van der Waals surface area contributed by atoms with Gasteiger partial charge >= 0.3 is 11.4 Å². The minimum Gasteiger partial charge on any atom is -0.501 e. The standard InChI is InChI=1S/C20H20N4O2/c1-12-8-14(10-16(23-21)18(12)25)20(6-4-3-5-7-20)15-9-13(2)19(26)17(11-15)24-22/h8-11H,3-7H2,1-2H3/p+2. The van der Waals surface area contributed by atoms with Crippen molar-refractivity contribution >= 4 is 11.4 Å². The van der Waals surface area contributed by atoms with Crippen LogP contribution in [0.1, 0.15) is 54.4 Å². The smallest absolute Gasteiger partial charge is 0.426 e. The van der Waals surface area contributed by atoms with Crippen molar-refractivity contribution in [3.05, 3.63) is 56.5 Å². The molecule has 0 bridgehead atoms. The predicted octanol–water partition coefficient (Wildman–Crippen LogP) is 5.93. The van der Waals surface area contributed by atoms with E-state index >= 15 is 0 Å². The lowest BCUT2D eigenvalue weighted by Crippen LogP contribution is -2.30. The third-order valence-corrected chi connectivity index (χ3v) is 5.59. The maximum atomic E-state index is 10.1. The lowest BCUT2D eigenvalue weighted by atomic mass is 9.64. The summed E-state index contributed by atoms with van der Waals surface area (Å²) in [6.07, 6.45) is 4.99. The van der Waals surface area contributed by atoms with Gasteiger partial charge in [0.05, 0.1) is 0 Å². The number of aromatic hydroxyl groups is 2. The van der Waals surface area contributed by atoms with Gasteiger partial charge in [-0.05, 0) is 48.9 Å². The zero-order valence-corrected chi connectivity index (χ0v) is 15.0. The molecule has 3 rings (SSSR count). The van der Waals surface area contributed by atoms with Gasteiger partial charge in [0.2, 0.25) is 22.3 Å². The average Bonchev–Trinajstić information content (AvgIpc) is 2.66. The van der Waals surface area contributed by atoms with Crippen LogP contribution in [-0.2, 0) is 5.41 Å². The van der Waals surface area contributed by atoms with Crippen molar-refractivity contribution in [1.29, 1.82) is 10.8 Å². The second-order valence-electron chi connectivity index (χ2n) is 7.16. The third-order valence-electron chi connectivity index (χ3n) is 5.59. The van der Waals surface area contributed by atoms with E-state index in [1.165, 1.54) is 0 Å². The molecule has 1 saturated carbocycles. The lowest BCUT2D eigenvalue weighted by Gasteiger charge is -2.38. The number of hydrogen-bond acceptors (Lipinski definition) is 4. The fourth-order valence-corrected chi connectivity index (χ4v) is 4.13. The summed E-state index contributed by atoms with van der Waals surface area (Å²) in [5, 5.41) is 38.7. The van der Waals surface area contributed by atoms with Crippen LogP contribution in [0.15, 0.2) is 24.3 Å². The Morgan fingerprint density at radius 1 is 0.769 bits per heavy atom. The van der Waals surface area contributed by atoms with Crippen LogP contribution in [0.4, 0.5) is 11.4 Å². The molecule has 1 fully saturated rings. The second-order valence-corrected chi connectivity index (χ2v) is 7.16. The molecular formula is C20H22N4O2+2. The molecule has 0 amide bonds. The van der Waals surface area contributed by atoms with E-state index in [9.17, 15) is 21.0 Å². The molecule has 2 aromatic rings. The minimum absolute atomic E-state index is 0.0323. The van der Waals surface area contributed by atoms with Gasteiger partial charge in [-0.15, -0.1) is 0 Å². The summed E-state index contributed by atoms with van der Waals surface area (Å²) in [5.74, 6) is -0.0645. The van der Waals surface area contributed by atoms with E-state index in [4.69, 9.17) is 0 Å². The van der Waals surface area contributed by atoms with E-state index in [1.807, 2.05) is 12.1 Å². The average molecular weight is 350 g/mol. The molecule has 2 N–H and O–H groups in total. The van der Waals surface area contributed by atoms with Gasteiger partial charge in [0.1, 0.15) is 0 Å². The Hall–Kier alpha value is -3.12. The maximum Gasteiger partial charge on any atom is 0.426 e. The molecule has 132 valence electrons. The van der Waals surface area contributed by atoms with E-state index in [-0.39, 0.29) is 28.3 Å². The van der Waals surface area contributed by atoms with Crippen LogP contribution in [0.5, 0.6) is 11.5 Å². The van der Waals surface area contributed by atoms with Gasteiger partial charge < -0.3 is 10.2 Å². The molecule has 0 heterocycles. The number of rotatable bonds is 2. The Morgan fingerprint density at radius 2 is 1.19 bits per heavy atom. The molecule has 0 spiro atoms. The molecule has 1 aliphatic carbocycles. The number of phenolic OH excluding ortho intramolecular Hbond substituents is 2. The highest BCUT2D eigenvalue weighted by Gasteiger charge is 2.39. The second kappa shape index (κ2) is 6.65. The van der Waals surface area contributed by atoms with Crippen LogP contribution < -0.4 is 0 Å². The Balaban J connectivity index is 2.28. The van der Waals surface area contributed by atoms with Gasteiger partial charge in [-0.25, -0.2) is 0 Å². The molecule has 6 heteroatoms. The molecule has 0 atom stereocenters. The summed E-state index contributed by atoms with van der Waals surface area (Å²) < 4.78 is 0. The molecule has 0 aromatic heterocycles. The molecule has 2 aromatic carbocycles. The van der Waals surface area contributed by atoms with Gasteiger partial charge in [0.25, 0.3) is 0 Å². The van der Waals surface area contributed by atoms with Crippen molar-refractivity contribution in [1.82, 2.24) is 0 Å². The first-order valence-electron chi connectivity index (χ1n) is 8.81. The molecule has 26 heavy (non-hydrogen) atoms. The van der Waals surface area contributed by atoms with Crippen molar-refractivity contribution in [3.8, 4) is 11.5 Å². The third kappa shape index (κ3) is 2.74. The monoisotopic (exact) mass is 350 g/mol. The van der Waals surface area contributed by atoms with Crippen LogP contribution in [0.2, 0.25) is 0 Å².